The second-order valence-corrected chi connectivity index (χ2v) is 5.97. The summed E-state index contributed by atoms with van der Waals surface area (Å²) in [4.78, 5) is 28.4. The first-order valence-corrected chi connectivity index (χ1v) is 7.47. The highest BCUT2D eigenvalue weighted by Crippen LogP contribution is 2.23. The fraction of sp³-hybridized carbons (Fsp3) is 0.235. The predicted molar refractivity (Wildman–Crippen MR) is 88.8 cm³/mol. The zero-order valence-corrected chi connectivity index (χ0v) is 13.7. The van der Waals surface area contributed by atoms with Crippen LogP contribution in [0, 0.1) is 6.92 Å². The Bertz CT molecular complexity index is 731. The maximum Gasteiger partial charge on any atom is 0.247 e. The third-order valence-electron chi connectivity index (χ3n) is 3.62. The van der Waals surface area contributed by atoms with Gasteiger partial charge < -0.3 is 11.1 Å². The molecule has 0 bridgehead atoms. The van der Waals surface area contributed by atoms with E-state index in [0.29, 0.717) is 10.6 Å². The number of aryl methyl sites for hydroxylation is 1. The van der Waals surface area contributed by atoms with Crippen LogP contribution in [0.15, 0.2) is 42.6 Å². The fourth-order valence-electron chi connectivity index (χ4n) is 2.19. The molecule has 1 heterocycles. The average molecular weight is 332 g/mol. The average Bonchev–Trinajstić information content (AvgIpc) is 2.49. The van der Waals surface area contributed by atoms with Gasteiger partial charge in [-0.05, 0) is 43.2 Å². The van der Waals surface area contributed by atoms with Crippen LogP contribution in [0.3, 0.4) is 0 Å². The van der Waals surface area contributed by atoms with Crippen LogP contribution < -0.4 is 11.1 Å². The molecule has 0 spiro atoms. The number of aromatic nitrogens is 1. The number of benzene rings is 1. The van der Waals surface area contributed by atoms with Crippen molar-refractivity contribution < 1.29 is 9.59 Å². The molecule has 5 nitrogen and oxygen atoms in total. The highest BCUT2D eigenvalue weighted by Gasteiger charge is 2.35. The molecule has 1 aromatic heterocycles. The van der Waals surface area contributed by atoms with Crippen molar-refractivity contribution >= 4 is 23.4 Å². The molecule has 1 aromatic carbocycles. The van der Waals surface area contributed by atoms with Gasteiger partial charge in [-0.25, -0.2) is 0 Å². The molecule has 120 valence electrons. The molecule has 2 aromatic rings. The van der Waals surface area contributed by atoms with Crippen LogP contribution in [0.4, 0.5) is 0 Å². The highest BCUT2D eigenvalue weighted by molar-refractivity contribution is 6.30. The molecule has 3 N–H and O–H groups in total. The van der Waals surface area contributed by atoms with Crippen molar-refractivity contribution in [3.05, 3.63) is 64.4 Å². The Morgan fingerprint density at radius 1 is 1.30 bits per heavy atom. The Balaban J connectivity index is 2.20. The Labute approximate surface area is 139 Å². The van der Waals surface area contributed by atoms with Gasteiger partial charge in [-0.15, -0.1) is 0 Å². The molecule has 0 aliphatic rings. The number of hydrogen-bond acceptors (Lipinski definition) is 3. The number of nitrogens with zero attached hydrogens (tertiary/aromatic N) is 1. The first-order chi connectivity index (χ1) is 10.8. The van der Waals surface area contributed by atoms with Crippen molar-refractivity contribution in [2.24, 2.45) is 5.73 Å². The molecular weight excluding hydrogens is 314 g/mol. The van der Waals surface area contributed by atoms with Crippen molar-refractivity contribution in [1.82, 2.24) is 10.3 Å². The lowest BCUT2D eigenvalue weighted by Gasteiger charge is -2.28. The van der Waals surface area contributed by atoms with Gasteiger partial charge in [0.25, 0.3) is 0 Å². The Morgan fingerprint density at radius 3 is 2.61 bits per heavy atom. The van der Waals surface area contributed by atoms with Gasteiger partial charge in [0.05, 0.1) is 6.42 Å². The second-order valence-electron chi connectivity index (χ2n) is 5.53. The topological polar surface area (TPSA) is 85.1 Å². The summed E-state index contributed by atoms with van der Waals surface area (Å²) in [5, 5.41) is 3.16. The van der Waals surface area contributed by atoms with E-state index in [1.807, 2.05) is 19.1 Å². The van der Waals surface area contributed by atoms with E-state index in [4.69, 9.17) is 17.3 Å². The van der Waals surface area contributed by atoms with Crippen LogP contribution in [0.1, 0.15) is 23.7 Å². The van der Waals surface area contributed by atoms with Crippen LogP contribution in [0.2, 0.25) is 5.02 Å². The Hall–Kier alpha value is -2.40. The number of pyridine rings is 1. The summed E-state index contributed by atoms with van der Waals surface area (Å²) in [6, 6.07) is 10.3. The van der Waals surface area contributed by atoms with E-state index in [-0.39, 0.29) is 12.3 Å². The van der Waals surface area contributed by atoms with E-state index >= 15 is 0 Å². The number of primary amides is 1. The third-order valence-corrected chi connectivity index (χ3v) is 3.86. The number of nitrogens with two attached hydrogens (primary N) is 1. The smallest absolute Gasteiger partial charge is 0.247 e. The number of halogens is 1. The minimum absolute atomic E-state index is 0.108. The summed E-state index contributed by atoms with van der Waals surface area (Å²) in [5.41, 5.74) is 6.33. The van der Waals surface area contributed by atoms with Crippen LogP contribution >= 0.6 is 11.6 Å². The molecule has 1 atom stereocenters. The van der Waals surface area contributed by atoms with Gasteiger partial charge >= 0.3 is 0 Å². The number of amides is 2. The zero-order valence-electron chi connectivity index (χ0n) is 13.0. The SMILES string of the molecule is Cc1ccc(CC(=O)N[C@@](C)(C(N)=O)c2cccc(Cl)c2)cn1. The largest absolute Gasteiger partial charge is 0.367 e. The fourth-order valence-corrected chi connectivity index (χ4v) is 2.38. The highest BCUT2D eigenvalue weighted by atomic mass is 35.5. The number of hydrogen-bond donors (Lipinski definition) is 2. The van der Waals surface area contributed by atoms with E-state index in [0.717, 1.165) is 11.3 Å². The van der Waals surface area contributed by atoms with Gasteiger partial charge in [0.2, 0.25) is 11.8 Å². The van der Waals surface area contributed by atoms with Crippen LogP contribution in [0.25, 0.3) is 0 Å². The van der Waals surface area contributed by atoms with Crippen molar-refractivity contribution in [2.75, 3.05) is 0 Å². The number of rotatable bonds is 5. The van der Waals surface area contributed by atoms with Gasteiger partial charge in [0.15, 0.2) is 0 Å². The monoisotopic (exact) mass is 331 g/mol. The molecular formula is C17H18ClN3O2. The van der Waals surface area contributed by atoms with Crippen molar-refractivity contribution in [3.63, 3.8) is 0 Å². The molecule has 23 heavy (non-hydrogen) atoms. The molecule has 6 heteroatoms. The Kier molecular flexibility index (Phi) is 5.01. The van der Waals surface area contributed by atoms with Crippen molar-refractivity contribution in [3.8, 4) is 0 Å². The second kappa shape index (κ2) is 6.79. The molecule has 0 saturated heterocycles. The van der Waals surface area contributed by atoms with E-state index in [2.05, 4.69) is 10.3 Å². The summed E-state index contributed by atoms with van der Waals surface area (Å²) in [5.74, 6) is -0.980. The summed E-state index contributed by atoms with van der Waals surface area (Å²) < 4.78 is 0. The molecule has 2 amide bonds. The lowest BCUT2D eigenvalue weighted by Crippen LogP contribution is -2.53. The number of carbonyl (C=O) groups is 2. The Morgan fingerprint density at radius 2 is 2.04 bits per heavy atom. The van der Waals surface area contributed by atoms with Gasteiger partial charge in [0.1, 0.15) is 5.54 Å². The van der Waals surface area contributed by atoms with Crippen LogP contribution in [-0.2, 0) is 21.5 Å². The molecule has 0 saturated carbocycles. The summed E-state index contributed by atoms with van der Waals surface area (Å²) in [6.45, 7) is 3.43. The maximum absolute atomic E-state index is 12.3. The normalized spacial score (nSPS) is 13.2. The van der Waals surface area contributed by atoms with E-state index in [1.54, 1.807) is 37.4 Å². The van der Waals surface area contributed by atoms with Crippen molar-refractivity contribution in [1.29, 1.82) is 0 Å². The van der Waals surface area contributed by atoms with E-state index in [1.165, 1.54) is 0 Å². The quantitative estimate of drug-likeness (QED) is 0.879. The van der Waals surface area contributed by atoms with Gasteiger partial charge in [-0.3, -0.25) is 14.6 Å². The van der Waals surface area contributed by atoms with Crippen molar-refractivity contribution in [2.45, 2.75) is 25.8 Å². The summed E-state index contributed by atoms with van der Waals surface area (Å²) in [7, 11) is 0. The van der Waals surface area contributed by atoms with E-state index < -0.39 is 11.4 Å². The maximum atomic E-state index is 12.3. The first-order valence-electron chi connectivity index (χ1n) is 7.10. The molecule has 0 aliphatic carbocycles. The molecule has 2 rings (SSSR count). The molecule has 0 fully saturated rings. The number of nitrogens with one attached hydrogen (secondary N) is 1. The van der Waals surface area contributed by atoms with Gasteiger partial charge in [0, 0.05) is 16.9 Å². The van der Waals surface area contributed by atoms with Crippen LogP contribution in [0.5, 0.6) is 0 Å². The zero-order chi connectivity index (χ0) is 17.0. The summed E-state index contributed by atoms with van der Waals surface area (Å²) >= 11 is 5.96. The van der Waals surface area contributed by atoms with E-state index in [9.17, 15) is 9.59 Å². The van der Waals surface area contributed by atoms with Crippen LogP contribution in [-0.4, -0.2) is 16.8 Å². The van der Waals surface area contributed by atoms with Gasteiger partial charge in [-0.2, -0.15) is 0 Å². The first kappa shape index (κ1) is 17.0. The lowest BCUT2D eigenvalue weighted by atomic mass is 9.91. The summed E-state index contributed by atoms with van der Waals surface area (Å²) in [6.07, 6.45) is 1.74. The molecule has 0 radical (unpaired) electrons. The predicted octanol–water partition coefficient (Wildman–Crippen LogP) is 2.10. The number of carbonyl (C=O) groups excluding carboxylic acids is 2. The standard InChI is InChI=1S/C17H18ClN3O2/c1-11-6-7-12(10-20-11)8-15(22)21-17(2,16(19)23)13-4-3-5-14(18)9-13/h3-7,9-10H,8H2,1-2H3,(H2,19,23)(H,21,22)/t17-/m1/s1. The van der Waals surface area contributed by atoms with Gasteiger partial charge in [-0.1, -0.05) is 29.8 Å². The molecule has 0 unspecified atom stereocenters. The lowest BCUT2D eigenvalue weighted by molar-refractivity contribution is -0.131. The molecule has 0 aliphatic heterocycles. The third kappa shape index (κ3) is 4.07. The minimum atomic E-state index is -1.33. The minimum Gasteiger partial charge on any atom is -0.367 e.